The van der Waals surface area contributed by atoms with Gasteiger partial charge in [0.25, 0.3) is 0 Å². The molecule has 0 aliphatic rings. The number of hydrogen-bond donors (Lipinski definition) is 0. The zero-order chi connectivity index (χ0) is 10.6. The molecule has 0 spiro atoms. The summed E-state index contributed by atoms with van der Waals surface area (Å²) in [5.41, 5.74) is 2.56. The molecule has 1 heterocycles. The van der Waals surface area contributed by atoms with Crippen molar-refractivity contribution in [2.75, 3.05) is 0 Å². The molecule has 74 valence electrons. The molecule has 0 nitrogen and oxygen atoms in total. The van der Waals surface area contributed by atoms with Crippen molar-refractivity contribution in [1.82, 2.24) is 0 Å². The molecule has 1 rings (SSSR count). The molecule has 0 aliphatic carbocycles. The maximum atomic E-state index is 3.87. The Morgan fingerprint density at radius 3 is 2.21 bits per heavy atom. The van der Waals surface area contributed by atoms with Gasteiger partial charge >= 0.3 is 0 Å². The van der Waals surface area contributed by atoms with E-state index in [4.69, 9.17) is 0 Å². The minimum absolute atomic E-state index is 1.25. The molecule has 0 fully saturated rings. The number of allylic oxidation sites excluding steroid dienone is 2. The highest BCUT2D eigenvalue weighted by Gasteiger charge is 2.08. The Balaban J connectivity index is 3.34. The van der Waals surface area contributed by atoms with Gasteiger partial charge in [-0.2, -0.15) is 0 Å². The molecule has 1 heteroatoms. The van der Waals surface area contributed by atoms with Crippen molar-refractivity contribution < 1.29 is 0 Å². The predicted octanol–water partition coefficient (Wildman–Crippen LogP) is 4.77. The number of aryl methyl sites for hydroxylation is 1. The molecule has 1 aromatic heterocycles. The van der Waals surface area contributed by atoms with E-state index in [1.54, 1.807) is 0 Å². The third-order valence-electron chi connectivity index (χ3n) is 2.05. The van der Waals surface area contributed by atoms with Crippen molar-refractivity contribution >= 4 is 29.6 Å². The highest BCUT2D eigenvalue weighted by molar-refractivity contribution is 7.13. The summed E-state index contributed by atoms with van der Waals surface area (Å²) < 4.78 is 0. The summed E-state index contributed by atoms with van der Waals surface area (Å²) in [7, 11) is 0. The summed E-state index contributed by atoms with van der Waals surface area (Å²) in [6.07, 6.45) is 10.4. The Labute approximate surface area is 90.3 Å². The maximum Gasteiger partial charge on any atom is 0.0348 e. The van der Waals surface area contributed by atoms with Crippen molar-refractivity contribution in [3.05, 3.63) is 39.6 Å². The van der Waals surface area contributed by atoms with Crippen LogP contribution in [-0.4, -0.2) is 0 Å². The molecule has 0 N–H and O–H groups in total. The molecule has 0 atom stereocenters. The van der Waals surface area contributed by atoms with Gasteiger partial charge in [0, 0.05) is 9.75 Å². The van der Waals surface area contributed by atoms with E-state index >= 15 is 0 Å². The first-order chi connectivity index (χ1) is 6.74. The molecule has 0 radical (unpaired) electrons. The third-order valence-corrected chi connectivity index (χ3v) is 3.16. The largest absolute Gasteiger partial charge is 0.140 e. The Hall–Kier alpha value is -1.08. The lowest BCUT2D eigenvalue weighted by Gasteiger charge is -1.94. The molecule has 0 amide bonds. The van der Waals surface area contributed by atoms with E-state index < -0.39 is 0 Å². The smallest absolute Gasteiger partial charge is 0.0348 e. The summed E-state index contributed by atoms with van der Waals surface area (Å²) in [5, 5.41) is 0. The fourth-order valence-electron chi connectivity index (χ4n) is 1.46. The van der Waals surface area contributed by atoms with Crippen LogP contribution in [0.5, 0.6) is 0 Å². The Bertz CT molecular complexity index is 378. The number of thiophene rings is 1. The third kappa shape index (κ3) is 2.05. The van der Waals surface area contributed by atoms with Crippen LogP contribution in [-0.2, 0) is 0 Å². The summed E-state index contributed by atoms with van der Waals surface area (Å²) in [6, 6.07) is 0. The molecule has 0 aromatic carbocycles. The lowest BCUT2D eigenvalue weighted by Crippen LogP contribution is -1.76. The van der Waals surface area contributed by atoms with Crippen LogP contribution in [0.15, 0.2) is 18.7 Å². The van der Waals surface area contributed by atoms with E-state index in [9.17, 15) is 0 Å². The molecule has 1 aromatic rings. The molecule has 0 bridgehead atoms. The van der Waals surface area contributed by atoms with Crippen LogP contribution in [0.1, 0.15) is 34.7 Å². The summed E-state index contributed by atoms with van der Waals surface area (Å²) >= 11 is 1.82. The number of rotatable bonds is 3. The van der Waals surface area contributed by atoms with Crippen molar-refractivity contribution in [2.45, 2.75) is 20.8 Å². The van der Waals surface area contributed by atoms with E-state index in [2.05, 4.69) is 37.8 Å². The highest BCUT2D eigenvalue weighted by Crippen LogP contribution is 2.31. The fraction of sp³-hybridized carbons (Fsp3) is 0.231. The van der Waals surface area contributed by atoms with Gasteiger partial charge < -0.3 is 0 Å². The molecular weight excluding hydrogens is 188 g/mol. The van der Waals surface area contributed by atoms with Gasteiger partial charge in [0.05, 0.1) is 0 Å². The quantitative estimate of drug-likeness (QED) is 0.665. The van der Waals surface area contributed by atoms with Crippen LogP contribution in [0.2, 0.25) is 0 Å². The standard InChI is InChI=1S/C13H16S/c1-5-8-12-10(4)14-13(9-6-2)11(12)7-3/h5-9H,3H2,1-2,4H3/b8-5-,9-6-. The predicted molar refractivity (Wildman–Crippen MR) is 68.6 cm³/mol. The first-order valence-electron chi connectivity index (χ1n) is 4.75. The van der Waals surface area contributed by atoms with Gasteiger partial charge in [-0.05, 0) is 38.0 Å². The zero-order valence-electron chi connectivity index (χ0n) is 9.00. The van der Waals surface area contributed by atoms with E-state index in [0.29, 0.717) is 0 Å². The van der Waals surface area contributed by atoms with Crippen molar-refractivity contribution in [3.63, 3.8) is 0 Å². The van der Waals surface area contributed by atoms with Crippen LogP contribution in [0, 0.1) is 6.92 Å². The molecular formula is C13H16S. The SMILES string of the molecule is C=Cc1c(/C=C\C)sc(C)c1/C=C\C. The molecule has 14 heavy (non-hydrogen) atoms. The van der Waals surface area contributed by atoms with Crippen molar-refractivity contribution in [3.8, 4) is 0 Å². The first kappa shape index (κ1) is 11.0. The van der Waals surface area contributed by atoms with E-state index in [1.807, 2.05) is 31.3 Å². The Kier molecular flexibility index (Phi) is 3.90. The van der Waals surface area contributed by atoms with Gasteiger partial charge in [-0.3, -0.25) is 0 Å². The average molecular weight is 204 g/mol. The summed E-state index contributed by atoms with van der Waals surface area (Å²) in [6.45, 7) is 10.1. The van der Waals surface area contributed by atoms with Crippen molar-refractivity contribution in [1.29, 1.82) is 0 Å². The number of hydrogen-bond acceptors (Lipinski definition) is 1. The average Bonchev–Trinajstić information content (AvgIpc) is 2.44. The van der Waals surface area contributed by atoms with Crippen LogP contribution in [0.4, 0.5) is 0 Å². The lowest BCUT2D eigenvalue weighted by molar-refractivity contribution is 1.57. The second kappa shape index (κ2) is 4.97. The van der Waals surface area contributed by atoms with Gasteiger partial charge in [-0.1, -0.05) is 30.9 Å². The van der Waals surface area contributed by atoms with E-state index in [0.717, 1.165) is 0 Å². The van der Waals surface area contributed by atoms with Gasteiger partial charge in [0.2, 0.25) is 0 Å². The van der Waals surface area contributed by atoms with Gasteiger partial charge in [-0.25, -0.2) is 0 Å². The minimum Gasteiger partial charge on any atom is -0.140 e. The second-order valence-corrected chi connectivity index (χ2v) is 4.31. The zero-order valence-corrected chi connectivity index (χ0v) is 9.82. The molecule has 0 aliphatic heterocycles. The highest BCUT2D eigenvalue weighted by atomic mass is 32.1. The van der Waals surface area contributed by atoms with Crippen molar-refractivity contribution in [2.24, 2.45) is 0 Å². The first-order valence-corrected chi connectivity index (χ1v) is 5.57. The van der Waals surface area contributed by atoms with E-state index in [1.165, 1.54) is 20.9 Å². The fourth-order valence-corrected chi connectivity index (χ4v) is 2.58. The van der Waals surface area contributed by atoms with Gasteiger partial charge in [0.15, 0.2) is 0 Å². The van der Waals surface area contributed by atoms with E-state index in [-0.39, 0.29) is 0 Å². The molecule has 0 unspecified atom stereocenters. The summed E-state index contributed by atoms with van der Waals surface area (Å²) in [4.78, 5) is 2.65. The Morgan fingerprint density at radius 1 is 1.07 bits per heavy atom. The summed E-state index contributed by atoms with van der Waals surface area (Å²) in [5.74, 6) is 0. The van der Waals surface area contributed by atoms with Gasteiger partial charge in [-0.15, -0.1) is 11.3 Å². The topological polar surface area (TPSA) is 0 Å². The normalized spacial score (nSPS) is 11.6. The maximum absolute atomic E-state index is 3.87. The van der Waals surface area contributed by atoms with Crippen LogP contribution in [0.3, 0.4) is 0 Å². The van der Waals surface area contributed by atoms with Crippen LogP contribution < -0.4 is 0 Å². The molecule has 0 saturated heterocycles. The van der Waals surface area contributed by atoms with Crippen LogP contribution >= 0.6 is 11.3 Å². The van der Waals surface area contributed by atoms with Crippen LogP contribution in [0.25, 0.3) is 18.2 Å². The van der Waals surface area contributed by atoms with Gasteiger partial charge in [0.1, 0.15) is 0 Å². The Morgan fingerprint density at radius 2 is 1.71 bits per heavy atom. The second-order valence-electron chi connectivity index (χ2n) is 3.05. The monoisotopic (exact) mass is 204 g/mol. The lowest BCUT2D eigenvalue weighted by atomic mass is 10.1. The molecule has 0 saturated carbocycles. The minimum atomic E-state index is 1.25.